The molecule has 0 bridgehead atoms. The Bertz CT molecular complexity index is 1370. The SMILES string of the molecule is CC(C(=O)NC(CN1CCCC1)c1ccc(-c2ccc(N(C)C)cc2)cc1)N1C(=O)COc2cc(Cl)c(Cl)cc21. The minimum atomic E-state index is -0.775. The highest BCUT2D eigenvalue weighted by molar-refractivity contribution is 6.42. The summed E-state index contributed by atoms with van der Waals surface area (Å²) in [6.45, 7) is 4.26. The van der Waals surface area contributed by atoms with Crippen LogP contribution in [0.5, 0.6) is 5.75 Å². The molecule has 2 aliphatic rings. The topological polar surface area (TPSA) is 65.1 Å². The lowest BCUT2D eigenvalue weighted by molar-refractivity contribution is -0.128. The number of ether oxygens (including phenoxy) is 1. The molecule has 7 nitrogen and oxygen atoms in total. The van der Waals surface area contributed by atoms with E-state index < -0.39 is 6.04 Å². The highest BCUT2D eigenvalue weighted by Crippen LogP contribution is 2.39. The molecular formula is C31H34Cl2N4O3. The zero-order chi connectivity index (χ0) is 28.4. The van der Waals surface area contributed by atoms with E-state index in [1.807, 2.05) is 14.1 Å². The minimum absolute atomic E-state index is 0.170. The lowest BCUT2D eigenvalue weighted by Gasteiger charge is -2.34. The summed E-state index contributed by atoms with van der Waals surface area (Å²) in [5.74, 6) is -0.134. The van der Waals surface area contributed by atoms with Gasteiger partial charge in [-0.05, 0) is 67.7 Å². The molecule has 2 aliphatic heterocycles. The summed E-state index contributed by atoms with van der Waals surface area (Å²) in [6.07, 6.45) is 2.31. The Balaban J connectivity index is 1.37. The molecule has 0 spiro atoms. The smallest absolute Gasteiger partial charge is 0.265 e. The lowest BCUT2D eigenvalue weighted by Crippen LogP contribution is -2.52. The van der Waals surface area contributed by atoms with E-state index in [1.165, 1.54) is 4.90 Å². The van der Waals surface area contributed by atoms with Crippen LogP contribution < -0.4 is 19.9 Å². The average Bonchev–Trinajstić information content (AvgIpc) is 3.46. The molecule has 3 aromatic rings. The van der Waals surface area contributed by atoms with Crippen molar-refractivity contribution >= 4 is 46.4 Å². The molecule has 2 unspecified atom stereocenters. The largest absolute Gasteiger partial charge is 0.482 e. The first-order chi connectivity index (χ1) is 19.2. The summed E-state index contributed by atoms with van der Waals surface area (Å²) >= 11 is 12.4. The molecule has 0 saturated carbocycles. The maximum atomic E-state index is 13.7. The molecule has 5 rings (SSSR count). The number of hydrogen-bond acceptors (Lipinski definition) is 5. The molecule has 3 aromatic carbocycles. The van der Waals surface area contributed by atoms with Crippen LogP contribution in [0.2, 0.25) is 10.0 Å². The van der Waals surface area contributed by atoms with Gasteiger partial charge in [-0.3, -0.25) is 14.5 Å². The highest BCUT2D eigenvalue weighted by Gasteiger charge is 2.35. The van der Waals surface area contributed by atoms with Crippen LogP contribution in [-0.4, -0.2) is 63.1 Å². The van der Waals surface area contributed by atoms with Crippen LogP contribution in [0.1, 0.15) is 31.4 Å². The molecule has 0 aliphatic carbocycles. The van der Waals surface area contributed by atoms with Gasteiger partial charge < -0.3 is 19.9 Å². The zero-order valence-electron chi connectivity index (χ0n) is 23.0. The Morgan fingerprint density at radius 2 is 1.57 bits per heavy atom. The monoisotopic (exact) mass is 580 g/mol. The zero-order valence-corrected chi connectivity index (χ0v) is 24.5. The fourth-order valence-electron chi connectivity index (χ4n) is 5.32. The highest BCUT2D eigenvalue weighted by atomic mass is 35.5. The van der Waals surface area contributed by atoms with E-state index in [9.17, 15) is 9.59 Å². The van der Waals surface area contributed by atoms with Crippen molar-refractivity contribution < 1.29 is 14.3 Å². The minimum Gasteiger partial charge on any atom is -0.482 e. The van der Waals surface area contributed by atoms with Gasteiger partial charge in [0.15, 0.2) is 6.61 Å². The molecule has 40 heavy (non-hydrogen) atoms. The molecule has 2 atom stereocenters. The van der Waals surface area contributed by atoms with Gasteiger partial charge in [-0.1, -0.05) is 59.6 Å². The van der Waals surface area contributed by atoms with E-state index in [-0.39, 0.29) is 24.5 Å². The summed E-state index contributed by atoms with van der Waals surface area (Å²) in [6, 6.07) is 18.9. The van der Waals surface area contributed by atoms with E-state index in [0.717, 1.165) is 48.3 Å². The third-order valence-electron chi connectivity index (χ3n) is 7.63. The average molecular weight is 582 g/mol. The summed E-state index contributed by atoms with van der Waals surface area (Å²) in [5, 5.41) is 3.85. The van der Waals surface area contributed by atoms with E-state index >= 15 is 0 Å². The van der Waals surface area contributed by atoms with Crippen molar-refractivity contribution in [2.45, 2.75) is 31.8 Å². The normalized spacial score (nSPS) is 16.7. The van der Waals surface area contributed by atoms with Gasteiger partial charge in [-0.15, -0.1) is 0 Å². The second-order valence-corrected chi connectivity index (χ2v) is 11.4. The van der Waals surface area contributed by atoms with Gasteiger partial charge in [0.25, 0.3) is 5.91 Å². The van der Waals surface area contributed by atoms with Crippen LogP contribution in [0.4, 0.5) is 11.4 Å². The van der Waals surface area contributed by atoms with Gasteiger partial charge >= 0.3 is 0 Å². The van der Waals surface area contributed by atoms with Crippen molar-refractivity contribution in [1.82, 2.24) is 10.2 Å². The summed E-state index contributed by atoms with van der Waals surface area (Å²) < 4.78 is 5.56. The van der Waals surface area contributed by atoms with Gasteiger partial charge in [0, 0.05) is 32.4 Å². The van der Waals surface area contributed by atoms with Crippen molar-refractivity contribution in [2.24, 2.45) is 0 Å². The van der Waals surface area contributed by atoms with Crippen molar-refractivity contribution in [3.63, 3.8) is 0 Å². The number of nitrogens with zero attached hydrogens (tertiary/aromatic N) is 3. The number of amides is 2. The number of hydrogen-bond donors (Lipinski definition) is 1. The maximum Gasteiger partial charge on any atom is 0.265 e. The fraction of sp³-hybridized carbons (Fsp3) is 0.355. The number of likely N-dealkylation sites (tertiary alicyclic amines) is 1. The summed E-state index contributed by atoms with van der Waals surface area (Å²) in [4.78, 5) is 32.5. The number of anilines is 2. The quantitative estimate of drug-likeness (QED) is 0.365. The number of rotatable bonds is 8. The Labute approximate surface area is 245 Å². The van der Waals surface area contributed by atoms with Crippen LogP contribution in [0.25, 0.3) is 11.1 Å². The van der Waals surface area contributed by atoms with Crippen molar-refractivity contribution in [3.05, 3.63) is 76.3 Å². The van der Waals surface area contributed by atoms with Crippen LogP contribution >= 0.6 is 23.2 Å². The third kappa shape index (κ3) is 6.07. The Hall–Kier alpha value is -3.26. The molecule has 0 aromatic heterocycles. The second kappa shape index (κ2) is 12.1. The number of carbonyl (C=O) groups is 2. The molecule has 1 N–H and O–H groups in total. The van der Waals surface area contributed by atoms with Crippen LogP contribution in [0, 0.1) is 0 Å². The molecule has 9 heteroatoms. The van der Waals surface area contributed by atoms with E-state index in [4.69, 9.17) is 27.9 Å². The Kier molecular flexibility index (Phi) is 8.54. The summed E-state index contributed by atoms with van der Waals surface area (Å²) in [7, 11) is 4.05. The molecule has 2 heterocycles. The Morgan fingerprint density at radius 1 is 0.975 bits per heavy atom. The van der Waals surface area contributed by atoms with Gasteiger partial charge in [-0.25, -0.2) is 0 Å². The Morgan fingerprint density at radius 3 is 2.20 bits per heavy atom. The second-order valence-electron chi connectivity index (χ2n) is 10.6. The standard InChI is InChI=1S/C31H34Cl2N4O3/c1-20(37-28-16-25(32)26(33)17-29(28)40-19-30(37)38)31(39)34-27(18-36-14-4-5-15-36)23-8-6-21(7-9-23)22-10-12-24(13-11-22)35(2)3/h6-13,16-17,20,27H,4-5,14-15,18-19H2,1-3H3,(H,34,39). The van der Waals surface area contributed by atoms with E-state index in [2.05, 4.69) is 63.6 Å². The van der Waals surface area contributed by atoms with E-state index in [1.54, 1.807) is 19.1 Å². The predicted octanol–water partition coefficient (Wildman–Crippen LogP) is 5.79. The van der Waals surface area contributed by atoms with Crippen molar-refractivity contribution in [2.75, 3.05) is 50.1 Å². The van der Waals surface area contributed by atoms with Crippen LogP contribution in [0.15, 0.2) is 60.7 Å². The van der Waals surface area contributed by atoms with Gasteiger partial charge in [-0.2, -0.15) is 0 Å². The first-order valence-corrected chi connectivity index (χ1v) is 14.3. The molecule has 0 radical (unpaired) electrons. The third-order valence-corrected chi connectivity index (χ3v) is 8.36. The van der Waals surface area contributed by atoms with Gasteiger partial charge in [0.1, 0.15) is 11.8 Å². The maximum absolute atomic E-state index is 13.7. The van der Waals surface area contributed by atoms with Crippen LogP contribution in [-0.2, 0) is 9.59 Å². The number of benzene rings is 3. The summed E-state index contributed by atoms with van der Waals surface area (Å²) in [5.41, 5.74) is 4.85. The number of nitrogens with one attached hydrogen (secondary N) is 1. The number of halogens is 2. The lowest BCUT2D eigenvalue weighted by atomic mass is 9.99. The van der Waals surface area contributed by atoms with Gasteiger partial charge in [0.05, 0.1) is 21.8 Å². The fourth-order valence-corrected chi connectivity index (χ4v) is 5.63. The van der Waals surface area contributed by atoms with Crippen LogP contribution in [0.3, 0.4) is 0 Å². The molecule has 2 amide bonds. The molecular weight excluding hydrogens is 547 g/mol. The first kappa shape index (κ1) is 28.3. The molecule has 1 saturated heterocycles. The van der Waals surface area contributed by atoms with Gasteiger partial charge in [0.2, 0.25) is 5.91 Å². The number of carbonyl (C=O) groups excluding carboxylic acids is 2. The molecule has 1 fully saturated rings. The first-order valence-electron chi connectivity index (χ1n) is 13.6. The number of fused-ring (bicyclic) bond motifs is 1. The van der Waals surface area contributed by atoms with Crippen molar-refractivity contribution in [3.8, 4) is 16.9 Å². The van der Waals surface area contributed by atoms with E-state index in [0.29, 0.717) is 28.0 Å². The molecule has 210 valence electrons. The van der Waals surface area contributed by atoms with Crippen molar-refractivity contribution in [1.29, 1.82) is 0 Å². The predicted molar refractivity (Wildman–Crippen MR) is 162 cm³/mol.